The Morgan fingerprint density at radius 2 is 1.70 bits per heavy atom. The van der Waals surface area contributed by atoms with Crippen LogP contribution in [0.15, 0.2) is 24.3 Å². The van der Waals surface area contributed by atoms with E-state index in [4.69, 9.17) is 9.47 Å². The Morgan fingerprint density at radius 1 is 1.17 bits per heavy atom. The van der Waals surface area contributed by atoms with Crippen LogP contribution in [0, 0.1) is 0 Å². The van der Waals surface area contributed by atoms with E-state index in [0.717, 1.165) is 5.75 Å². The van der Waals surface area contributed by atoms with Crippen LogP contribution in [-0.4, -0.2) is 42.2 Å². The van der Waals surface area contributed by atoms with Gasteiger partial charge in [-0.3, -0.25) is 4.79 Å². The predicted octanol–water partition coefficient (Wildman–Crippen LogP) is 3.39. The van der Waals surface area contributed by atoms with Gasteiger partial charge in [0.05, 0.1) is 12.2 Å². The monoisotopic (exact) mass is 319 g/mol. The molecule has 1 aromatic carbocycles. The Bertz CT molecular complexity index is 523. The smallest absolute Gasteiger partial charge is 0.263 e. The van der Waals surface area contributed by atoms with Crippen LogP contribution in [0.2, 0.25) is 0 Å². The van der Waals surface area contributed by atoms with Crippen LogP contribution in [-0.2, 0) is 14.9 Å². The fourth-order valence-electron chi connectivity index (χ4n) is 2.90. The topological polar surface area (TPSA) is 38.8 Å². The van der Waals surface area contributed by atoms with Gasteiger partial charge in [-0.2, -0.15) is 0 Å². The number of morpholine rings is 1. The summed E-state index contributed by atoms with van der Waals surface area (Å²) >= 11 is 0. The summed E-state index contributed by atoms with van der Waals surface area (Å²) in [6, 6.07) is 8.00. The molecule has 1 heterocycles. The lowest BCUT2D eigenvalue weighted by molar-refractivity contribution is -0.149. The molecule has 0 N–H and O–H groups in total. The minimum atomic E-state index is -0.493. The molecular weight excluding hydrogens is 290 g/mol. The van der Waals surface area contributed by atoms with Crippen molar-refractivity contribution in [3.63, 3.8) is 0 Å². The zero-order chi connectivity index (χ0) is 17.2. The maximum absolute atomic E-state index is 12.6. The molecule has 1 fully saturated rings. The molecular formula is C19H29NO3. The zero-order valence-corrected chi connectivity index (χ0v) is 15.1. The minimum absolute atomic E-state index is 0.0203. The number of benzene rings is 1. The highest BCUT2D eigenvalue weighted by Crippen LogP contribution is 2.25. The molecule has 4 nitrogen and oxygen atoms in total. The summed E-state index contributed by atoms with van der Waals surface area (Å²) in [4.78, 5) is 14.4. The minimum Gasteiger partial charge on any atom is -0.481 e. The van der Waals surface area contributed by atoms with E-state index in [-0.39, 0.29) is 23.5 Å². The van der Waals surface area contributed by atoms with Gasteiger partial charge in [-0.1, -0.05) is 32.9 Å². The van der Waals surface area contributed by atoms with Crippen molar-refractivity contribution >= 4 is 5.91 Å². The number of ether oxygens (including phenoxy) is 2. The number of carbonyl (C=O) groups is 1. The van der Waals surface area contributed by atoms with Crippen molar-refractivity contribution in [2.75, 3.05) is 13.1 Å². The highest BCUT2D eigenvalue weighted by molar-refractivity contribution is 5.81. The molecule has 2 rings (SSSR count). The van der Waals surface area contributed by atoms with Crippen molar-refractivity contribution in [1.29, 1.82) is 0 Å². The van der Waals surface area contributed by atoms with E-state index < -0.39 is 6.10 Å². The number of hydrogen-bond donors (Lipinski definition) is 0. The predicted molar refractivity (Wildman–Crippen MR) is 91.8 cm³/mol. The fourth-order valence-corrected chi connectivity index (χ4v) is 2.90. The molecule has 1 saturated heterocycles. The summed E-state index contributed by atoms with van der Waals surface area (Å²) in [5.41, 5.74) is 1.36. The molecule has 0 spiro atoms. The molecule has 4 heteroatoms. The number of carbonyl (C=O) groups excluding carboxylic acids is 1. The van der Waals surface area contributed by atoms with Crippen molar-refractivity contribution in [2.24, 2.45) is 0 Å². The molecule has 3 atom stereocenters. The standard InChI is InChI=1S/C19H29NO3/c1-13-11-20(12-14(2)22-13)18(21)15(3)23-17-9-7-16(8-10-17)19(4,5)6/h7-10,13-15H,11-12H2,1-6H3/t13-,14-,15+/m0/s1. The van der Waals surface area contributed by atoms with Gasteiger partial charge in [-0.25, -0.2) is 0 Å². The van der Waals surface area contributed by atoms with Gasteiger partial charge in [-0.05, 0) is 43.9 Å². The first-order valence-electron chi connectivity index (χ1n) is 8.38. The van der Waals surface area contributed by atoms with E-state index in [1.165, 1.54) is 5.56 Å². The van der Waals surface area contributed by atoms with Gasteiger partial charge in [0.2, 0.25) is 0 Å². The van der Waals surface area contributed by atoms with E-state index >= 15 is 0 Å². The molecule has 0 radical (unpaired) electrons. The lowest BCUT2D eigenvalue weighted by Crippen LogP contribution is -2.51. The Morgan fingerprint density at radius 3 is 2.17 bits per heavy atom. The number of rotatable bonds is 3. The first kappa shape index (κ1) is 17.8. The zero-order valence-electron chi connectivity index (χ0n) is 15.1. The second-order valence-corrected chi connectivity index (χ2v) is 7.53. The second-order valence-electron chi connectivity index (χ2n) is 7.53. The van der Waals surface area contributed by atoms with Gasteiger partial charge in [0, 0.05) is 13.1 Å². The maximum atomic E-state index is 12.6. The first-order chi connectivity index (χ1) is 10.7. The molecule has 0 bridgehead atoms. The maximum Gasteiger partial charge on any atom is 0.263 e. The fraction of sp³-hybridized carbons (Fsp3) is 0.632. The van der Waals surface area contributed by atoms with Gasteiger partial charge >= 0.3 is 0 Å². The van der Waals surface area contributed by atoms with Crippen molar-refractivity contribution in [3.05, 3.63) is 29.8 Å². The summed E-state index contributed by atoms with van der Waals surface area (Å²) < 4.78 is 11.5. The summed E-state index contributed by atoms with van der Waals surface area (Å²) in [5, 5.41) is 0. The van der Waals surface area contributed by atoms with Crippen molar-refractivity contribution in [2.45, 2.75) is 65.3 Å². The third-order valence-electron chi connectivity index (χ3n) is 4.11. The average Bonchev–Trinajstić information content (AvgIpc) is 2.45. The second kappa shape index (κ2) is 6.91. The molecule has 1 aliphatic heterocycles. The van der Waals surface area contributed by atoms with Gasteiger partial charge in [-0.15, -0.1) is 0 Å². The van der Waals surface area contributed by atoms with Crippen LogP contribution >= 0.6 is 0 Å². The first-order valence-corrected chi connectivity index (χ1v) is 8.38. The Balaban J connectivity index is 1.98. The van der Waals surface area contributed by atoms with Crippen molar-refractivity contribution in [1.82, 2.24) is 4.90 Å². The Hall–Kier alpha value is -1.55. The van der Waals surface area contributed by atoms with Gasteiger partial charge in [0.15, 0.2) is 6.10 Å². The molecule has 128 valence electrons. The summed E-state index contributed by atoms with van der Waals surface area (Å²) in [6.07, 6.45) is -0.352. The van der Waals surface area contributed by atoms with Crippen molar-refractivity contribution in [3.8, 4) is 5.75 Å². The van der Waals surface area contributed by atoms with Crippen LogP contribution in [0.25, 0.3) is 0 Å². The largest absolute Gasteiger partial charge is 0.481 e. The van der Waals surface area contributed by atoms with E-state index in [1.807, 2.05) is 37.8 Å². The van der Waals surface area contributed by atoms with Gasteiger partial charge < -0.3 is 14.4 Å². The Labute approximate surface area is 139 Å². The van der Waals surface area contributed by atoms with E-state index in [2.05, 4.69) is 32.9 Å². The number of nitrogens with zero attached hydrogens (tertiary/aromatic N) is 1. The number of hydrogen-bond acceptors (Lipinski definition) is 3. The summed E-state index contributed by atoms with van der Waals surface area (Å²) in [5.74, 6) is 0.750. The quantitative estimate of drug-likeness (QED) is 0.857. The lowest BCUT2D eigenvalue weighted by atomic mass is 9.87. The molecule has 0 aromatic heterocycles. The third kappa shape index (κ3) is 4.71. The highest BCUT2D eigenvalue weighted by Gasteiger charge is 2.29. The lowest BCUT2D eigenvalue weighted by Gasteiger charge is -2.36. The molecule has 0 aliphatic carbocycles. The molecule has 0 unspecified atom stereocenters. The Kier molecular flexibility index (Phi) is 5.35. The van der Waals surface area contributed by atoms with Gasteiger partial charge in [0.1, 0.15) is 5.75 Å². The summed E-state index contributed by atoms with van der Waals surface area (Å²) in [6.45, 7) is 13.6. The van der Waals surface area contributed by atoms with Crippen molar-refractivity contribution < 1.29 is 14.3 Å². The van der Waals surface area contributed by atoms with E-state index in [0.29, 0.717) is 13.1 Å². The van der Waals surface area contributed by atoms with E-state index in [9.17, 15) is 4.79 Å². The van der Waals surface area contributed by atoms with Crippen LogP contribution in [0.4, 0.5) is 0 Å². The summed E-state index contributed by atoms with van der Waals surface area (Å²) in [7, 11) is 0. The normalized spacial score (nSPS) is 23.5. The van der Waals surface area contributed by atoms with Crippen LogP contribution < -0.4 is 4.74 Å². The molecule has 1 aliphatic rings. The van der Waals surface area contributed by atoms with Crippen LogP contribution in [0.1, 0.15) is 47.1 Å². The van der Waals surface area contributed by atoms with E-state index in [1.54, 1.807) is 0 Å². The van der Waals surface area contributed by atoms with Gasteiger partial charge in [0.25, 0.3) is 5.91 Å². The van der Waals surface area contributed by atoms with Crippen LogP contribution in [0.5, 0.6) is 5.75 Å². The molecule has 1 amide bonds. The highest BCUT2D eigenvalue weighted by atomic mass is 16.5. The third-order valence-corrected chi connectivity index (χ3v) is 4.11. The van der Waals surface area contributed by atoms with Crippen LogP contribution in [0.3, 0.4) is 0 Å². The SMILES string of the molecule is C[C@H]1CN(C(=O)[C@@H](C)Oc2ccc(C(C)(C)C)cc2)C[C@H](C)O1. The number of amides is 1. The molecule has 0 saturated carbocycles. The molecule has 23 heavy (non-hydrogen) atoms. The molecule has 1 aromatic rings. The average molecular weight is 319 g/mol.